The number of carbonyl (C=O) groups excluding carboxylic acids is 2. The van der Waals surface area contributed by atoms with Crippen molar-refractivity contribution in [1.29, 1.82) is 0 Å². The Labute approximate surface area is 94.4 Å². The first kappa shape index (κ1) is 10.6. The van der Waals surface area contributed by atoms with E-state index >= 15 is 0 Å². The van der Waals surface area contributed by atoms with E-state index in [1.807, 2.05) is 18.2 Å². The van der Waals surface area contributed by atoms with Crippen LogP contribution in [0.5, 0.6) is 0 Å². The van der Waals surface area contributed by atoms with Crippen LogP contribution in [0.2, 0.25) is 0 Å². The number of carbonyl (C=O) groups is 2. The predicted octanol–water partition coefficient (Wildman–Crippen LogP) is 1.79. The zero-order valence-electron chi connectivity index (χ0n) is 9.14. The molecule has 0 N–H and O–H groups in total. The molecule has 82 valence electrons. The fourth-order valence-corrected chi connectivity index (χ4v) is 1.89. The molecule has 1 heterocycles. The lowest BCUT2D eigenvalue weighted by atomic mass is 9.97. The first-order valence-corrected chi connectivity index (χ1v) is 5.22. The molecule has 0 radical (unpaired) electrons. The molecule has 0 saturated carbocycles. The minimum atomic E-state index is -0.256. The van der Waals surface area contributed by atoms with Crippen LogP contribution in [0.3, 0.4) is 0 Å². The summed E-state index contributed by atoms with van der Waals surface area (Å²) in [6, 6.07) is 6.97. The van der Waals surface area contributed by atoms with Crippen molar-refractivity contribution in [3.8, 4) is 0 Å². The highest BCUT2D eigenvalue weighted by atomic mass is 16.2. The number of fused-ring (bicyclic) bond motifs is 1. The topological polar surface area (TPSA) is 37.4 Å². The second kappa shape index (κ2) is 3.93. The first-order valence-electron chi connectivity index (χ1n) is 5.22. The quantitative estimate of drug-likeness (QED) is 0.557. The number of hydrogen-bond donors (Lipinski definition) is 0. The summed E-state index contributed by atoms with van der Waals surface area (Å²) >= 11 is 0. The van der Waals surface area contributed by atoms with E-state index in [2.05, 4.69) is 6.58 Å². The Bertz CT molecular complexity index is 465. The van der Waals surface area contributed by atoms with Crippen LogP contribution >= 0.6 is 0 Å². The lowest BCUT2D eigenvalue weighted by molar-refractivity contribution is -0.129. The van der Waals surface area contributed by atoms with E-state index in [-0.39, 0.29) is 17.9 Å². The molecular formula is C13H13NO2. The average Bonchev–Trinajstić information content (AvgIpc) is 2.28. The van der Waals surface area contributed by atoms with Crippen LogP contribution in [0.15, 0.2) is 36.9 Å². The maximum Gasteiger partial charge on any atom is 0.261 e. The molecule has 0 spiro atoms. The van der Waals surface area contributed by atoms with Crippen LogP contribution in [-0.4, -0.2) is 22.8 Å². The van der Waals surface area contributed by atoms with Crippen molar-refractivity contribution in [3.05, 3.63) is 48.0 Å². The molecule has 0 saturated heterocycles. The van der Waals surface area contributed by atoms with Gasteiger partial charge in [0.25, 0.3) is 5.91 Å². The van der Waals surface area contributed by atoms with Crippen molar-refractivity contribution in [1.82, 2.24) is 4.90 Å². The third-order valence-electron chi connectivity index (χ3n) is 2.83. The van der Waals surface area contributed by atoms with E-state index in [0.717, 1.165) is 5.56 Å². The van der Waals surface area contributed by atoms with Crippen LogP contribution in [0, 0.1) is 0 Å². The molecule has 3 heteroatoms. The second-order valence-corrected chi connectivity index (χ2v) is 3.88. The van der Waals surface area contributed by atoms with Crippen molar-refractivity contribution in [2.45, 2.75) is 19.4 Å². The monoisotopic (exact) mass is 215 g/mol. The number of hydrogen-bond acceptors (Lipinski definition) is 2. The van der Waals surface area contributed by atoms with E-state index < -0.39 is 0 Å². The molecule has 1 atom stereocenters. The van der Waals surface area contributed by atoms with E-state index in [4.69, 9.17) is 0 Å². The summed E-state index contributed by atoms with van der Waals surface area (Å²) in [5.41, 5.74) is 1.43. The van der Waals surface area contributed by atoms with E-state index in [0.29, 0.717) is 12.0 Å². The van der Waals surface area contributed by atoms with Gasteiger partial charge in [0, 0.05) is 5.56 Å². The van der Waals surface area contributed by atoms with Gasteiger partial charge in [-0.05, 0) is 18.6 Å². The Morgan fingerprint density at radius 3 is 2.75 bits per heavy atom. The van der Waals surface area contributed by atoms with Gasteiger partial charge in [-0.2, -0.15) is 0 Å². The first-order chi connectivity index (χ1) is 7.65. The molecule has 1 unspecified atom stereocenters. The summed E-state index contributed by atoms with van der Waals surface area (Å²) < 4.78 is 0. The van der Waals surface area contributed by atoms with Gasteiger partial charge in [0.05, 0.1) is 12.5 Å². The lowest BCUT2D eigenvalue weighted by Gasteiger charge is -2.30. The van der Waals surface area contributed by atoms with E-state index in [9.17, 15) is 9.59 Å². The van der Waals surface area contributed by atoms with E-state index in [1.165, 1.54) is 4.90 Å². The van der Waals surface area contributed by atoms with Crippen LogP contribution in [0.4, 0.5) is 0 Å². The highest BCUT2D eigenvalue weighted by molar-refractivity contribution is 6.10. The molecule has 0 bridgehead atoms. The van der Waals surface area contributed by atoms with Gasteiger partial charge in [0.15, 0.2) is 0 Å². The van der Waals surface area contributed by atoms with E-state index in [1.54, 1.807) is 19.1 Å². The van der Waals surface area contributed by atoms with Gasteiger partial charge in [0.2, 0.25) is 5.91 Å². The van der Waals surface area contributed by atoms with Crippen molar-refractivity contribution < 1.29 is 9.59 Å². The Kier molecular flexibility index (Phi) is 2.60. The third kappa shape index (κ3) is 1.54. The number of rotatable bonds is 2. The molecule has 1 aromatic carbocycles. The predicted molar refractivity (Wildman–Crippen MR) is 61.0 cm³/mol. The van der Waals surface area contributed by atoms with Crippen molar-refractivity contribution in [3.63, 3.8) is 0 Å². The molecule has 2 rings (SSSR count). The highest BCUT2D eigenvalue weighted by Crippen LogP contribution is 2.21. The molecule has 3 nitrogen and oxygen atoms in total. The lowest BCUT2D eigenvalue weighted by Crippen LogP contribution is -2.46. The minimum absolute atomic E-state index is 0.156. The summed E-state index contributed by atoms with van der Waals surface area (Å²) in [7, 11) is 0. The Morgan fingerprint density at radius 1 is 1.38 bits per heavy atom. The number of imide groups is 1. The molecule has 0 aromatic heterocycles. The SMILES string of the molecule is C=CC(C)N1C(=O)Cc2ccccc2C1=O. The van der Waals surface area contributed by atoms with Crippen molar-refractivity contribution in [2.24, 2.45) is 0 Å². The average molecular weight is 215 g/mol. The molecule has 1 aliphatic rings. The van der Waals surface area contributed by atoms with Crippen LogP contribution in [0.25, 0.3) is 0 Å². The van der Waals surface area contributed by atoms with Gasteiger partial charge in [0.1, 0.15) is 0 Å². The Morgan fingerprint density at radius 2 is 2.06 bits per heavy atom. The van der Waals surface area contributed by atoms with Crippen LogP contribution in [-0.2, 0) is 11.2 Å². The Hall–Kier alpha value is -1.90. The van der Waals surface area contributed by atoms with Crippen molar-refractivity contribution >= 4 is 11.8 Å². The molecule has 16 heavy (non-hydrogen) atoms. The van der Waals surface area contributed by atoms with Crippen molar-refractivity contribution in [2.75, 3.05) is 0 Å². The number of benzene rings is 1. The van der Waals surface area contributed by atoms with Gasteiger partial charge in [-0.25, -0.2) is 0 Å². The fraction of sp³-hybridized carbons (Fsp3) is 0.231. The number of nitrogens with zero attached hydrogens (tertiary/aromatic N) is 1. The Balaban J connectivity index is 2.45. The van der Waals surface area contributed by atoms with Gasteiger partial charge < -0.3 is 0 Å². The molecular weight excluding hydrogens is 202 g/mol. The smallest absolute Gasteiger partial charge is 0.261 e. The minimum Gasteiger partial charge on any atom is -0.274 e. The molecule has 1 aliphatic heterocycles. The maximum absolute atomic E-state index is 12.1. The van der Waals surface area contributed by atoms with Crippen LogP contribution in [0.1, 0.15) is 22.8 Å². The fourth-order valence-electron chi connectivity index (χ4n) is 1.89. The van der Waals surface area contributed by atoms with Crippen LogP contribution < -0.4 is 0 Å². The van der Waals surface area contributed by atoms with Gasteiger partial charge in [-0.1, -0.05) is 24.3 Å². The summed E-state index contributed by atoms with van der Waals surface area (Å²) in [6.45, 7) is 5.40. The second-order valence-electron chi connectivity index (χ2n) is 3.88. The zero-order valence-corrected chi connectivity index (χ0v) is 9.14. The summed E-state index contributed by atoms with van der Waals surface area (Å²) in [5, 5.41) is 0. The largest absolute Gasteiger partial charge is 0.274 e. The highest BCUT2D eigenvalue weighted by Gasteiger charge is 2.32. The van der Waals surface area contributed by atoms with Gasteiger partial charge >= 0.3 is 0 Å². The normalized spacial score (nSPS) is 16.9. The summed E-state index contributed by atoms with van der Waals surface area (Å²) in [4.78, 5) is 25.2. The number of amides is 2. The molecule has 1 aromatic rings. The standard InChI is InChI=1S/C13H13NO2/c1-3-9(2)14-12(15)8-10-6-4-5-7-11(10)13(14)16/h3-7,9H,1,8H2,2H3. The van der Waals surface area contributed by atoms with Gasteiger partial charge in [-0.15, -0.1) is 6.58 Å². The maximum atomic E-state index is 12.1. The molecule has 2 amide bonds. The third-order valence-corrected chi connectivity index (χ3v) is 2.83. The van der Waals surface area contributed by atoms with Gasteiger partial charge in [-0.3, -0.25) is 14.5 Å². The molecule has 0 aliphatic carbocycles. The summed E-state index contributed by atoms with van der Waals surface area (Å²) in [5.74, 6) is -0.379. The summed E-state index contributed by atoms with van der Waals surface area (Å²) in [6.07, 6.45) is 1.89. The molecule has 0 fully saturated rings. The zero-order chi connectivity index (χ0) is 11.7.